The summed E-state index contributed by atoms with van der Waals surface area (Å²) in [5.41, 5.74) is 6.61. The van der Waals surface area contributed by atoms with E-state index in [1.807, 2.05) is 22.9 Å². The van der Waals surface area contributed by atoms with Crippen LogP contribution >= 0.6 is 0 Å². The molecule has 0 N–H and O–H groups in total. The Kier molecular flexibility index (Phi) is 6.00. The van der Waals surface area contributed by atoms with E-state index in [-0.39, 0.29) is 5.56 Å². The van der Waals surface area contributed by atoms with Crippen molar-refractivity contribution in [2.45, 2.75) is 69.9 Å². The van der Waals surface area contributed by atoms with Crippen molar-refractivity contribution in [1.82, 2.24) is 34.1 Å². The number of aryl methyl sites for hydroxylation is 1. The first kappa shape index (κ1) is 26.2. The number of fused-ring (bicyclic) bond motifs is 2. The number of hydrogen-bond acceptors (Lipinski definition) is 4. The Morgan fingerprint density at radius 1 is 0.860 bits per heavy atom. The highest BCUT2D eigenvalue weighted by atomic mass is 19.3. The average Bonchev–Trinajstić information content (AvgIpc) is 3.92. The van der Waals surface area contributed by atoms with Crippen LogP contribution in [-0.2, 0) is 26.1 Å². The van der Waals surface area contributed by atoms with Gasteiger partial charge in [-0.3, -0.25) is 9.36 Å². The van der Waals surface area contributed by atoms with E-state index in [0.29, 0.717) is 17.4 Å². The van der Waals surface area contributed by atoms with Crippen LogP contribution in [0, 0.1) is 0 Å². The van der Waals surface area contributed by atoms with Crippen LogP contribution in [0.3, 0.4) is 0 Å². The van der Waals surface area contributed by atoms with Crippen LogP contribution in [0.1, 0.15) is 67.8 Å². The number of imidazole rings is 1. The molecule has 2 aromatic carbocycles. The summed E-state index contributed by atoms with van der Waals surface area (Å²) in [6.07, 6.45) is 9.31. The molecule has 218 valence electrons. The third-order valence-corrected chi connectivity index (χ3v) is 8.74. The van der Waals surface area contributed by atoms with E-state index in [0.717, 1.165) is 83.4 Å². The lowest BCUT2D eigenvalue weighted by Gasteiger charge is -2.16. The van der Waals surface area contributed by atoms with Gasteiger partial charge in [0.1, 0.15) is 12.4 Å². The van der Waals surface area contributed by atoms with Gasteiger partial charge in [0.05, 0.1) is 16.9 Å². The van der Waals surface area contributed by atoms with Crippen LogP contribution in [0.2, 0.25) is 0 Å². The van der Waals surface area contributed by atoms with Crippen LogP contribution in [0.25, 0.3) is 44.6 Å². The van der Waals surface area contributed by atoms with Crippen molar-refractivity contribution in [2.75, 3.05) is 0 Å². The van der Waals surface area contributed by atoms with Gasteiger partial charge in [-0.25, -0.2) is 9.97 Å². The third-order valence-electron chi connectivity index (χ3n) is 8.74. The summed E-state index contributed by atoms with van der Waals surface area (Å²) in [5.74, 6) is -1.30. The van der Waals surface area contributed by atoms with Crippen LogP contribution in [0.4, 0.5) is 8.78 Å². The smallest absolute Gasteiger partial charge is 0.292 e. The van der Waals surface area contributed by atoms with Crippen molar-refractivity contribution in [3.05, 3.63) is 83.9 Å². The molecule has 0 saturated heterocycles. The van der Waals surface area contributed by atoms with E-state index in [9.17, 15) is 0 Å². The molecule has 4 aromatic heterocycles. The Balaban J connectivity index is 1.25. The van der Waals surface area contributed by atoms with Crippen LogP contribution in [0.5, 0.6) is 0 Å². The summed E-state index contributed by atoms with van der Waals surface area (Å²) >= 11 is 0. The van der Waals surface area contributed by atoms with E-state index in [1.54, 1.807) is 24.4 Å². The van der Waals surface area contributed by atoms with Gasteiger partial charge in [-0.05, 0) is 44.2 Å². The second-order valence-electron chi connectivity index (χ2n) is 12.1. The zero-order valence-corrected chi connectivity index (χ0v) is 24.3. The normalized spacial score (nSPS) is 15.6. The molecule has 0 spiro atoms. The van der Waals surface area contributed by atoms with Gasteiger partial charge in [0.2, 0.25) is 0 Å². The molecule has 9 heteroatoms. The van der Waals surface area contributed by atoms with Crippen LogP contribution < -0.4 is 0 Å². The second kappa shape index (κ2) is 9.82. The van der Waals surface area contributed by atoms with Crippen LogP contribution in [0.15, 0.2) is 67.0 Å². The molecule has 0 aliphatic heterocycles. The highest BCUT2D eigenvalue weighted by Gasteiger charge is 2.36. The number of pyridine rings is 1. The molecule has 2 saturated carbocycles. The van der Waals surface area contributed by atoms with E-state index in [4.69, 9.17) is 15.1 Å². The fourth-order valence-corrected chi connectivity index (χ4v) is 6.34. The molecular weight excluding hydrogens is 544 g/mol. The maximum absolute atomic E-state index is 15.2. The van der Waals surface area contributed by atoms with Crippen molar-refractivity contribution in [1.29, 1.82) is 0 Å². The monoisotopic (exact) mass is 577 g/mol. The van der Waals surface area contributed by atoms with Gasteiger partial charge in [0.25, 0.3) is 5.92 Å². The average molecular weight is 578 g/mol. The Bertz CT molecular complexity index is 1980. The van der Waals surface area contributed by atoms with Crippen LogP contribution in [-0.4, -0.2) is 34.1 Å². The maximum Gasteiger partial charge on any atom is 0.292 e. The lowest BCUT2D eigenvalue weighted by Crippen LogP contribution is -2.21. The van der Waals surface area contributed by atoms with Crippen molar-refractivity contribution in [2.24, 2.45) is 7.05 Å². The topological polar surface area (TPSA) is 66.3 Å². The maximum atomic E-state index is 15.2. The SMILES string of the molecule is CCCn1cc2cc(-c3nc(-c4cccc5nn(CC(F)(F)c6ccccc6)cc45)c(C4CC4)n3C)c(C3CC3)nc2n1. The summed E-state index contributed by atoms with van der Waals surface area (Å²) in [6.45, 7) is 2.47. The lowest BCUT2D eigenvalue weighted by atomic mass is 10.0. The predicted molar refractivity (Wildman–Crippen MR) is 163 cm³/mol. The Hall–Kier alpha value is -4.40. The number of alkyl halides is 2. The molecule has 4 heterocycles. The molecule has 0 amide bonds. The summed E-state index contributed by atoms with van der Waals surface area (Å²) in [6, 6.07) is 16.0. The van der Waals surface area contributed by atoms with Gasteiger partial charge < -0.3 is 4.57 Å². The fourth-order valence-electron chi connectivity index (χ4n) is 6.34. The van der Waals surface area contributed by atoms with Gasteiger partial charge >= 0.3 is 0 Å². The number of nitrogens with zero attached hydrogens (tertiary/aromatic N) is 7. The number of halogens is 2. The summed E-state index contributed by atoms with van der Waals surface area (Å²) in [7, 11) is 2.10. The molecule has 7 nitrogen and oxygen atoms in total. The zero-order valence-electron chi connectivity index (χ0n) is 24.3. The quantitative estimate of drug-likeness (QED) is 0.176. The number of hydrogen-bond donors (Lipinski definition) is 0. The lowest BCUT2D eigenvalue weighted by molar-refractivity contribution is -0.0252. The Labute approximate surface area is 248 Å². The first-order valence-electron chi connectivity index (χ1n) is 15.2. The largest absolute Gasteiger partial charge is 0.330 e. The van der Waals surface area contributed by atoms with Crippen molar-refractivity contribution >= 4 is 21.9 Å². The van der Waals surface area contributed by atoms with Crippen molar-refractivity contribution < 1.29 is 8.78 Å². The van der Waals surface area contributed by atoms with E-state index < -0.39 is 12.5 Å². The first-order chi connectivity index (χ1) is 20.9. The molecule has 2 aliphatic rings. The third kappa shape index (κ3) is 4.62. The minimum Gasteiger partial charge on any atom is -0.330 e. The first-order valence-corrected chi connectivity index (χ1v) is 15.2. The highest BCUT2D eigenvalue weighted by Crippen LogP contribution is 2.49. The Morgan fingerprint density at radius 3 is 2.40 bits per heavy atom. The van der Waals surface area contributed by atoms with Gasteiger partial charge in [0, 0.05) is 71.0 Å². The van der Waals surface area contributed by atoms with Crippen molar-refractivity contribution in [3.8, 4) is 22.6 Å². The summed E-state index contributed by atoms with van der Waals surface area (Å²) in [4.78, 5) is 10.4. The molecule has 6 aromatic rings. The molecule has 2 fully saturated rings. The highest BCUT2D eigenvalue weighted by molar-refractivity contribution is 5.95. The summed E-state index contributed by atoms with van der Waals surface area (Å²) in [5, 5.41) is 11.2. The number of aromatic nitrogens is 7. The molecule has 43 heavy (non-hydrogen) atoms. The second-order valence-corrected chi connectivity index (χ2v) is 12.1. The molecule has 0 radical (unpaired) electrons. The van der Waals surface area contributed by atoms with Crippen molar-refractivity contribution in [3.63, 3.8) is 0 Å². The van der Waals surface area contributed by atoms with Gasteiger partial charge in [-0.1, -0.05) is 49.4 Å². The molecule has 8 rings (SSSR count). The predicted octanol–water partition coefficient (Wildman–Crippen LogP) is 7.81. The number of rotatable bonds is 9. The minimum absolute atomic E-state index is 0.0163. The molecular formula is C34H33F2N7. The van der Waals surface area contributed by atoms with E-state index >= 15 is 8.78 Å². The Morgan fingerprint density at radius 2 is 1.65 bits per heavy atom. The molecule has 0 bridgehead atoms. The summed E-state index contributed by atoms with van der Waals surface area (Å²) < 4.78 is 36.0. The fraction of sp³-hybridized carbons (Fsp3) is 0.353. The van der Waals surface area contributed by atoms with Gasteiger partial charge in [-0.15, -0.1) is 0 Å². The van der Waals surface area contributed by atoms with E-state index in [2.05, 4.69) is 35.9 Å². The van der Waals surface area contributed by atoms with Gasteiger partial charge in [-0.2, -0.15) is 19.0 Å². The minimum atomic E-state index is -3.05. The molecule has 0 atom stereocenters. The zero-order chi connectivity index (χ0) is 29.3. The molecule has 2 aliphatic carbocycles. The van der Waals surface area contributed by atoms with Gasteiger partial charge in [0.15, 0.2) is 5.65 Å². The standard InChI is InChI=1S/C34H33F2N7/c1-3-16-42-18-23-17-26(29(21-12-13-21)37-32(23)40-42)33-38-30(31(41(33)2)22-14-15-22)25-10-7-11-28-27(25)19-43(39-28)20-34(35,36)24-8-5-4-6-9-24/h4-11,17-19,21-22H,3,12-16,20H2,1-2H3. The number of benzene rings is 2. The molecule has 0 unspecified atom stereocenters. The van der Waals surface area contributed by atoms with E-state index in [1.165, 1.54) is 22.5 Å².